The molecule has 1 aromatic rings. The van der Waals surface area contributed by atoms with E-state index in [9.17, 15) is 14.7 Å². The maximum atomic E-state index is 12.3. The van der Waals surface area contributed by atoms with Gasteiger partial charge in [-0.15, -0.1) is 0 Å². The smallest absolute Gasteiger partial charge is 0.410 e. The predicted molar refractivity (Wildman–Crippen MR) is 95.1 cm³/mol. The molecule has 6 nitrogen and oxygen atoms in total. The monoisotopic (exact) mass is 348 g/mol. The van der Waals surface area contributed by atoms with Gasteiger partial charge in [0.05, 0.1) is 12.0 Å². The molecule has 1 aliphatic rings. The molecule has 0 saturated carbocycles. The highest BCUT2D eigenvalue weighted by atomic mass is 16.6. The molecule has 0 bridgehead atoms. The van der Waals surface area contributed by atoms with Gasteiger partial charge in [-0.1, -0.05) is 30.3 Å². The summed E-state index contributed by atoms with van der Waals surface area (Å²) in [4.78, 5) is 25.9. The van der Waals surface area contributed by atoms with Crippen LogP contribution in [0.4, 0.5) is 4.79 Å². The molecule has 2 unspecified atom stereocenters. The van der Waals surface area contributed by atoms with Crippen LogP contribution in [0.2, 0.25) is 0 Å². The number of nitrogens with zero attached hydrogens (tertiary/aromatic N) is 1. The van der Waals surface area contributed by atoms with Crippen molar-refractivity contribution in [2.75, 3.05) is 19.6 Å². The second-order valence-corrected chi connectivity index (χ2v) is 7.50. The van der Waals surface area contributed by atoms with Crippen molar-refractivity contribution in [3.8, 4) is 0 Å². The summed E-state index contributed by atoms with van der Waals surface area (Å²) < 4.78 is 5.33. The second-order valence-electron chi connectivity index (χ2n) is 7.50. The van der Waals surface area contributed by atoms with Crippen LogP contribution in [-0.4, -0.2) is 53.3 Å². The van der Waals surface area contributed by atoms with Crippen LogP contribution < -0.4 is 5.32 Å². The van der Waals surface area contributed by atoms with E-state index in [1.54, 1.807) is 4.90 Å². The fraction of sp³-hybridized carbons (Fsp3) is 0.579. The van der Waals surface area contributed by atoms with E-state index >= 15 is 0 Å². The van der Waals surface area contributed by atoms with E-state index in [1.807, 2.05) is 51.1 Å². The fourth-order valence-corrected chi connectivity index (χ4v) is 2.79. The number of amides is 2. The van der Waals surface area contributed by atoms with Crippen molar-refractivity contribution in [1.82, 2.24) is 10.2 Å². The van der Waals surface area contributed by atoms with E-state index in [1.165, 1.54) is 0 Å². The first-order chi connectivity index (χ1) is 11.7. The average molecular weight is 348 g/mol. The fourth-order valence-electron chi connectivity index (χ4n) is 2.79. The molecule has 2 N–H and O–H groups in total. The van der Waals surface area contributed by atoms with E-state index in [-0.39, 0.29) is 24.5 Å². The number of carbonyl (C=O) groups is 2. The highest BCUT2D eigenvalue weighted by molar-refractivity contribution is 5.80. The Balaban J connectivity index is 1.73. The SMILES string of the molecule is CC(C)(C)OC(=O)N1CCC(C(=O)NCC(O)Cc2ccccc2)C1. The van der Waals surface area contributed by atoms with Gasteiger partial charge in [-0.25, -0.2) is 4.79 Å². The molecule has 2 amide bonds. The Morgan fingerprint density at radius 3 is 2.64 bits per heavy atom. The Hall–Kier alpha value is -2.08. The van der Waals surface area contributed by atoms with Gasteiger partial charge < -0.3 is 20.1 Å². The molecule has 2 atom stereocenters. The minimum Gasteiger partial charge on any atom is -0.444 e. The molecule has 6 heteroatoms. The number of hydrogen-bond donors (Lipinski definition) is 2. The Kier molecular flexibility index (Phi) is 6.42. The van der Waals surface area contributed by atoms with E-state index < -0.39 is 11.7 Å². The van der Waals surface area contributed by atoms with Crippen LogP contribution in [0, 0.1) is 5.92 Å². The van der Waals surface area contributed by atoms with E-state index in [4.69, 9.17) is 4.74 Å². The number of likely N-dealkylation sites (tertiary alicyclic amines) is 1. The molecule has 1 fully saturated rings. The third kappa shape index (κ3) is 6.38. The zero-order chi connectivity index (χ0) is 18.4. The molecule has 1 heterocycles. The average Bonchev–Trinajstić information content (AvgIpc) is 3.02. The Labute approximate surface area is 149 Å². The highest BCUT2D eigenvalue weighted by Crippen LogP contribution is 2.19. The lowest BCUT2D eigenvalue weighted by molar-refractivity contribution is -0.125. The van der Waals surface area contributed by atoms with Crippen molar-refractivity contribution in [1.29, 1.82) is 0 Å². The predicted octanol–water partition coefficient (Wildman–Crippen LogP) is 1.96. The highest BCUT2D eigenvalue weighted by Gasteiger charge is 2.33. The van der Waals surface area contributed by atoms with Crippen molar-refractivity contribution in [3.05, 3.63) is 35.9 Å². The maximum Gasteiger partial charge on any atom is 0.410 e. The largest absolute Gasteiger partial charge is 0.444 e. The molecule has 138 valence electrons. The summed E-state index contributed by atoms with van der Waals surface area (Å²) in [6.07, 6.45) is 0.0944. The molecular weight excluding hydrogens is 320 g/mol. The number of rotatable bonds is 5. The van der Waals surface area contributed by atoms with E-state index in [0.29, 0.717) is 25.9 Å². The summed E-state index contributed by atoms with van der Waals surface area (Å²) in [5.41, 5.74) is 0.486. The lowest BCUT2D eigenvalue weighted by Gasteiger charge is -2.24. The summed E-state index contributed by atoms with van der Waals surface area (Å²) in [5.74, 6) is -0.380. The first-order valence-electron chi connectivity index (χ1n) is 8.72. The third-order valence-electron chi connectivity index (χ3n) is 4.04. The number of aliphatic hydroxyl groups is 1. The molecule has 0 aromatic heterocycles. The second kappa shape index (κ2) is 8.34. The van der Waals surface area contributed by atoms with Crippen LogP contribution in [-0.2, 0) is 16.0 Å². The Bertz CT molecular complexity index is 583. The molecular formula is C19H28N2O4. The van der Waals surface area contributed by atoms with Crippen molar-refractivity contribution in [3.63, 3.8) is 0 Å². The number of aliphatic hydroxyl groups excluding tert-OH is 1. The molecule has 1 aliphatic heterocycles. The molecule has 1 aromatic carbocycles. The summed E-state index contributed by atoms with van der Waals surface area (Å²) in [5, 5.41) is 12.8. The van der Waals surface area contributed by atoms with Crippen LogP contribution in [0.3, 0.4) is 0 Å². The first kappa shape index (κ1) is 19.2. The third-order valence-corrected chi connectivity index (χ3v) is 4.04. The summed E-state index contributed by atoms with van der Waals surface area (Å²) in [6.45, 7) is 6.53. The zero-order valence-corrected chi connectivity index (χ0v) is 15.2. The van der Waals surface area contributed by atoms with Gasteiger partial charge in [0, 0.05) is 26.1 Å². The van der Waals surface area contributed by atoms with E-state index in [0.717, 1.165) is 5.56 Å². The molecule has 0 aliphatic carbocycles. The van der Waals surface area contributed by atoms with Gasteiger partial charge >= 0.3 is 6.09 Å². The zero-order valence-electron chi connectivity index (χ0n) is 15.2. The lowest BCUT2D eigenvalue weighted by atomic mass is 10.1. The minimum absolute atomic E-state index is 0.127. The minimum atomic E-state index is -0.630. The standard InChI is InChI=1S/C19H28N2O4/c1-19(2,3)25-18(24)21-10-9-15(13-21)17(23)20-12-16(22)11-14-7-5-4-6-8-14/h4-8,15-16,22H,9-13H2,1-3H3,(H,20,23). The first-order valence-corrected chi connectivity index (χ1v) is 8.72. The topological polar surface area (TPSA) is 78.9 Å². The van der Waals surface area contributed by atoms with Crippen molar-refractivity contribution < 1.29 is 19.4 Å². The molecule has 0 radical (unpaired) electrons. The van der Waals surface area contributed by atoms with Gasteiger partial charge in [-0.05, 0) is 32.8 Å². The Morgan fingerprint density at radius 2 is 2.00 bits per heavy atom. The van der Waals surface area contributed by atoms with Gasteiger partial charge in [0.2, 0.25) is 5.91 Å². The number of carbonyl (C=O) groups excluding carboxylic acids is 2. The van der Waals surface area contributed by atoms with Crippen LogP contribution in [0.5, 0.6) is 0 Å². The van der Waals surface area contributed by atoms with Crippen LogP contribution >= 0.6 is 0 Å². The van der Waals surface area contributed by atoms with Crippen molar-refractivity contribution in [2.45, 2.75) is 45.3 Å². The lowest BCUT2D eigenvalue weighted by Crippen LogP contribution is -2.39. The summed E-state index contributed by atoms with van der Waals surface area (Å²) in [6, 6.07) is 9.66. The summed E-state index contributed by atoms with van der Waals surface area (Å²) in [7, 11) is 0. The molecule has 2 rings (SSSR count). The van der Waals surface area contributed by atoms with Gasteiger partial charge in [0.15, 0.2) is 0 Å². The molecule has 25 heavy (non-hydrogen) atoms. The van der Waals surface area contributed by atoms with Gasteiger partial charge in [-0.2, -0.15) is 0 Å². The Morgan fingerprint density at radius 1 is 1.32 bits per heavy atom. The number of nitrogens with one attached hydrogen (secondary N) is 1. The molecule has 1 saturated heterocycles. The summed E-state index contributed by atoms with van der Waals surface area (Å²) >= 11 is 0. The molecule has 0 spiro atoms. The number of benzene rings is 1. The number of ether oxygens (including phenoxy) is 1. The van der Waals surface area contributed by atoms with Crippen LogP contribution in [0.15, 0.2) is 30.3 Å². The van der Waals surface area contributed by atoms with Gasteiger partial charge in [-0.3, -0.25) is 4.79 Å². The number of hydrogen-bond acceptors (Lipinski definition) is 4. The maximum absolute atomic E-state index is 12.3. The van der Waals surface area contributed by atoms with Gasteiger partial charge in [0.25, 0.3) is 0 Å². The van der Waals surface area contributed by atoms with Crippen molar-refractivity contribution >= 4 is 12.0 Å². The quantitative estimate of drug-likeness (QED) is 0.853. The normalized spacial score (nSPS) is 18.7. The van der Waals surface area contributed by atoms with Gasteiger partial charge in [0.1, 0.15) is 5.60 Å². The van der Waals surface area contributed by atoms with Crippen LogP contribution in [0.1, 0.15) is 32.8 Å². The van der Waals surface area contributed by atoms with Crippen molar-refractivity contribution in [2.24, 2.45) is 5.92 Å². The van der Waals surface area contributed by atoms with E-state index in [2.05, 4.69) is 5.32 Å². The van der Waals surface area contributed by atoms with Crippen LogP contribution in [0.25, 0.3) is 0 Å².